The molecule has 0 saturated carbocycles. The highest BCUT2D eigenvalue weighted by molar-refractivity contribution is 5.75. The summed E-state index contributed by atoms with van der Waals surface area (Å²) in [7, 11) is 0. The molecule has 0 aromatic heterocycles. The molecular formula is C15H20O11. The van der Waals surface area contributed by atoms with E-state index in [1.54, 1.807) is 0 Å². The van der Waals surface area contributed by atoms with Crippen molar-refractivity contribution in [2.75, 3.05) is 6.61 Å². The van der Waals surface area contributed by atoms with Crippen molar-refractivity contribution in [3.05, 3.63) is 0 Å². The molecular weight excluding hydrogens is 356 g/mol. The fourth-order valence-corrected chi connectivity index (χ4v) is 2.43. The standard InChI is InChI=1S/C15H20O11/c1-6(16)22-5-10-11(23-7(2)17)12(24-8(3)18)13(25-9(4)19)14(26-10)15(20)21/h10-14H,5H2,1-4H3,(H,20,21)/t10-,11+,12+,13-,14?/m1/s1. The Labute approximate surface area is 148 Å². The molecule has 146 valence electrons. The lowest BCUT2D eigenvalue weighted by molar-refractivity contribution is -0.252. The summed E-state index contributed by atoms with van der Waals surface area (Å²) in [4.78, 5) is 56.8. The summed E-state index contributed by atoms with van der Waals surface area (Å²) in [6.07, 6.45) is -7.42. The van der Waals surface area contributed by atoms with Crippen LogP contribution < -0.4 is 0 Å². The van der Waals surface area contributed by atoms with Gasteiger partial charge in [0.2, 0.25) is 0 Å². The first kappa shape index (κ1) is 21.4. The normalized spacial score (nSPS) is 27.8. The number of hydrogen-bond donors (Lipinski definition) is 1. The van der Waals surface area contributed by atoms with E-state index in [1.807, 2.05) is 0 Å². The molecule has 0 amide bonds. The van der Waals surface area contributed by atoms with Crippen LogP contribution >= 0.6 is 0 Å². The molecule has 0 aliphatic carbocycles. The highest BCUT2D eigenvalue weighted by atomic mass is 16.7. The summed E-state index contributed by atoms with van der Waals surface area (Å²) >= 11 is 0. The van der Waals surface area contributed by atoms with Crippen LogP contribution in [0, 0.1) is 0 Å². The average molecular weight is 376 g/mol. The number of carboxylic acid groups (broad SMARTS) is 1. The third-order valence-corrected chi connectivity index (χ3v) is 3.23. The largest absolute Gasteiger partial charge is 0.479 e. The van der Waals surface area contributed by atoms with Crippen molar-refractivity contribution in [2.45, 2.75) is 58.2 Å². The maximum absolute atomic E-state index is 11.5. The molecule has 26 heavy (non-hydrogen) atoms. The van der Waals surface area contributed by atoms with E-state index in [0.717, 1.165) is 27.7 Å². The van der Waals surface area contributed by atoms with Gasteiger partial charge < -0.3 is 28.8 Å². The van der Waals surface area contributed by atoms with Gasteiger partial charge in [-0.2, -0.15) is 0 Å². The molecule has 1 rings (SSSR count). The zero-order valence-corrected chi connectivity index (χ0v) is 14.6. The summed E-state index contributed by atoms with van der Waals surface area (Å²) in [5.74, 6) is -4.68. The van der Waals surface area contributed by atoms with E-state index in [9.17, 15) is 29.1 Å². The summed E-state index contributed by atoms with van der Waals surface area (Å²) in [5, 5.41) is 9.36. The van der Waals surface area contributed by atoms with E-state index >= 15 is 0 Å². The maximum atomic E-state index is 11.5. The van der Waals surface area contributed by atoms with Crippen molar-refractivity contribution in [2.24, 2.45) is 0 Å². The Bertz CT molecular complexity index is 584. The van der Waals surface area contributed by atoms with Gasteiger partial charge in [-0.3, -0.25) is 19.2 Å². The smallest absolute Gasteiger partial charge is 0.336 e. The molecule has 1 aliphatic heterocycles. The molecule has 1 unspecified atom stereocenters. The van der Waals surface area contributed by atoms with Crippen molar-refractivity contribution in [3.63, 3.8) is 0 Å². The molecule has 1 heterocycles. The van der Waals surface area contributed by atoms with Crippen LogP contribution in [0.3, 0.4) is 0 Å². The second-order valence-electron chi connectivity index (χ2n) is 5.46. The van der Waals surface area contributed by atoms with Gasteiger partial charge in [0.1, 0.15) is 12.7 Å². The topological polar surface area (TPSA) is 152 Å². The first-order chi connectivity index (χ1) is 12.0. The number of esters is 4. The number of hydrogen-bond acceptors (Lipinski definition) is 10. The van der Waals surface area contributed by atoms with E-state index in [4.69, 9.17) is 23.7 Å². The Hall–Kier alpha value is -2.69. The summed E-state index contributed by atoms with van der Waals surface area (Å²) < 4.78 is 25.2. The zero-order valence-electron chi connectivity index (χ0n) is 14.6. The van der Waals surface area contributed by atoms with Crippen molar-refractivity contribution >= 4 is 29.8 Å². The number of carbonyl (C=O) groups is 5. The molecule has 11 heteroatoms. The molecule has 11 nitrogen and oxygen atoms in total. The average Bonchev–Trinajstić information content (AvgIpc) is 2.47. The van der Waals surface area contributed by atoms with Crippen LogP contribution in [-0.2, 0) is 47.7 Å². The van der Waals surface area contributed by atoms with Crippen LogP contribution in [0.15, 0.2) is 0 Å². The highest BCUT2D eigenvalue weighted by Crippen LogP contribution is 2.29. The molecule has 0 aromatic rings. The van der Waals surface area contributed by atoms with Gasteiger partial charge in [-0.05, 0) is 0 Å². The van der Waals surface area contributed by atoms with E-state index < -0.39 is 67.0 Å². The second kappa shape index (κ2) is 9.13. The Balaban J connectivity index is 3.29. The van der Waals surface area contributed by atoms with Gasteiger partial charge in [-0.15, -0.1) is 0 Å². The number of ether oxygens (including phenoxy) is 5. The van der Waals surface area contributed by atoms with E-state index in [-0.39, 0.29) is 0 Å². The van der Waals surface area contributed by atoms with E-state index in [2.05, 4.69) is 0 Å². The maximum Gasteiger partial charge on any atom is 0.336 e. The lowest BCUT2D eigenvalue weighted by Crippen LogP contribution is -2.64. The lowest BCUT2D eigenvalue weighted by atomic mass is 9.94. The SMILES string of the molecule is CC(=O)OC[C@H]1OC(C(=O)O)[C@H](OC(C)=O)[C@@H](OC(C)=O)[C@H]1OC(C)=O. The van der Waals surface area contributed by atoms with Crippen LogP contribution in [-0.4, -0.2) is 72.1 Å². The lowest BCUT2D eigenvalue weighted by Gasteiger charge is -2.42. The fraction of sp³-hybridized carbons (Fsp3) is 0.667. The minimum Gasteiger partial charge on any atom is -0.479 e. The fourth-order valence-electron chi connectivity index (χ4n) is 2.43. The molecule has 0 bridgehead atoms. The highest BCUT2D eigenvalue weighted by Gasteiger charge is 2.54. The zero-order chi connectivity index (χ0) is 20.0. The van der Waals surface area contributed by atoms with Crippen LogP contribution in [0.25, 0.3) is 0 Å². The number of aliphatic carboxylic acids is 1. The van der Waals surface area contributed by atoms with Gasteiger partial charge in [0.15, 0.2) is 24.4 Å². The molecule has 0 spiro atoms. The molecule has 1 saturated heterocycles. The molecule has 1 N–H and O–H groups in total. The quantitative estimate of drug-likeness (QED) is 0.458. The van der Waals surface area contributed by atoms with Crippen molar-refractivity contribution in [1.82, 2.24) is 0 Å². The summed E-state index contributed by atoms with van der Waals surface area (Å²) in [6.45, 7) is 3.78. The third kappa shape index (κ3) is 5.99. The predicted octanol–water partition coefficient (Wildman–Crippen LogP) is -0.803. The van der Waals surface area contributed by atoms with Gasteiger partial charge in [-0.25, -0.2) is 4.79 Å². The van der Waals surface area contributed by atoms with Gasteiger partial charge in [0.25, 0.3) is 0 Å². The number of carbonyl (C=O) groups excluding carboxylic acids is 4. The second-order valence-corrected chi connectivity index (χ2v) is 5.46. The predicted molar refractivity (Wildman–Crippen MR) is 79.6 cm³/mol. The third-order valence-electron chi connectivity index (χ3n) is 3.23. The van der Waals surface area contributed by atoms with Gasteiger partial charge in [-0.1, -0.05) is 0 Å². The minimum absolute atomic E-state index is 0.471. The van der Waals surface area contributed by atoms with Crippen LogP contribution in [0.5, 0.6) is 0 Å². The van der Waals surface area contributed by atoms with Crippen LogP contribution in [0.2, 0.25) is 0 Å². The van der Waals surface area contributed by atoms with Crippen LogP contribution in [0.1, 0.15) is 27.7 Å². The van der Waals surface area contributed by atoms with E-state index in [1.165, 1.54) is 0 Å². The summed E-state index contributed by atoms with van der Waals surface area (Å²) in [5.41, 5.74) is 0. The van der Waals surface area contributed by atoms with Crippen molar-refractivity contribution < 1.29 is 52.8 Å². The molecule has 5 atom stereocenters. The summed E-state index contributed by atoms with van der Waals surface area (Å²) in [6, 6.07) is 0. The molecule has 0 aromatic carbocycles. The first-order valence-electron chi connectivity index (χ1n) is 7.56. The number of carboxylic acids is 1. The van der Waals surface area contributed by atoms with Gasteiger partial charge in [0.05, 0.1) is 0 Å². The van der Waals surface area contributed by atoms with Gasteiger partial charge in [0, 0.05) is 27.7 Å². The van der Waals surface area contributed by atoms with Gasteiger partial charge >= 0.3 is 29.8 Å². The molecule has 1 fully saturated rings. The molecule has 0 radical (unpaired) electrons. The Morgan fingerprint density at radius 3 is 1.65 bits per heavy atom. The Morgan fingerprint density at radius 1 is 0.769 bits per heavy atom. The Morgan fingerprint density at radius 2 is 1.23 bits per heavy atom. The van der Waals surface area contributed by atoms with Crippen molar-refractivity contribution in [1.29, 1.82) is 0 Å². The number of rotatable bonds is 6. The van der Waals surface area contributed by atoms with Crippen LogP contribution in [0.4, 0.5) is 0 Å². The molecule has 1 aliphatic rings. The minimum atomic E-state index is -1.74. The van der Waals surface area contributed by atoms with Crippen molar-refractivity contribution in [3.8, 4) is 0 Å². The first-order valence-corrected chi connectivity index (χ1v) is 7.56. The Kier molecular flexibility index (Phi) is 7.50. The monoisotopic (exact) mass is 376 g/mol. The van der Waals surface area contributed by atoms with E-state index in [0.29, 0.717) is 0 Å².